The van der Waals surface area contributed by atoms with Gasteiger partial charge in [-0.25, -0.2) is 0 Å². The van der Waals surface area contributed by atoms with Gasteiger partial charge in [-0.05, 0) is 31.2 Å². The molecule has 1 aliphatic heterocycles. The molecule has 4 heteroatoms. The molecule has 1 heterocycles. The van der Waals surface area contributed by atoms with Gasteiger partial charge in [0.2, 0.25) is 11.8 Å². The molecule has 2 aliphatic rings. The second-order valence-corrected chi connectivity index (χ2v) is 6.43. The van der Waals surface area contributed by atoms with Crippen LogP contribution in [0.2, 0.25) is 0 Å². The summed E-state index contributed by atoms with van der Waals surface area (Å²) in [7, 11) is 0. The normalized spacial score (nSPS) is 26.7. The van der Waals surface area contributed by atoms with E-state index in [1.54, 1.807) is 4.90 Å². The highest BCUT2D eigenvalue weighted by Gasteiger charge is 2.42. The van der Waals surface area contributed by atoms with Gasteiger partial charge in [-0.1, -0.05) is 33.6 Å². The number of carbonyl (C=O) groups excluding carboxylic acids is 2. The molecule has 1 aliphatic carbocycles. The average Bonchev–Trinajstić information content (AvgIpc) is 2.95. The van der Waals surface area contributed by atoms with E-state index in [1.807, 2.05) is 0 Å². The Morgan fingerprint density at radius 3 is 2.42 bits per heavy atom. The summed E-state index contributed by atoms with van der Waals surface area (Å²) in [6.45, 7) is 7.34. The van der Waals surface area contributed by atoms with Crippen molar-refractivity contribution in [2.24, 2.45) is 11.8 Å². The van der Waals surface area contributed by atoms with E-state index < -0.39 is 0 Å². The molecule has 2 rings (SSSR count). The van der Waals surface area contributed by atoms with Gasteiger partial charge in [0.25, 0.3) is 0 Å². The number of rotatable bonds is 5. The maximum absolute atomic E-state index is 12.3. The summed E-state index contributed by atoms with van der Waals surface area (Å²) < 4.78 is 0. The quantitative estimate of drug-likeness (QED) is 0.774. The van der Waals surface area contributed by atoms with Gasteiger partial charge in [-0.15, -0.1) is 0 Å². The Morgan fingerprint density at radius 2 is 1.84 bits per heavy atom. The third kappa shape index (κ3) is 3.16. The van der Waals surface area contributed by atoms with Crippen molar-refractivity contribution in [3.63, 3.8) is 0 Å². The largest absolute Gasteiger partial charge is 0.305 e. The minimum Gasteiger partial charge on any atom is -0.305 e. The van der Waals surface area contributed by atoms with Gasteiger partial charge in [-0.2, -0.15) is 0 Å². The SMILES string of the molecule is CC(C)C(C)CNC1CC(=O)N(C2CCCC2)C1=O. The van der Waals surface area contributed by atoms with Gasteiger partial charge in [0.1, 0.15) is 0 Å². The van der Waals surface area contributed by atoms with Crippen molar-refractivity contribution < 1.29 is 9.59 Å². The molecule has 0 bridgehead atoms. The number of hydrogen-bond donors (Lipinski definition) is 1. The number of nitrogens with one attached hydrogen (secondary N) is 1. The topological polar surface area (TPSA) is 49.4 Å². The number of likely N-dealkylation sites (tertiary alicyclic amines) is 1. The van der Waals surface area contributed by atoms with Gasteiger partial charge in [0.15, 0.2) is 0 Å². The van der Waals surface area contributed by atoms with Gasteiger partial charge in [0.05, 0.1) is 12.5 Å². The number of imide groups is 1. The summed E-state index contributed by atoms with van der Waals surface area (Å²) in [5.41, 5.74) is 0. The second-order valence-electron chi connectivity index (χ2n) is 6.43. The van der Waals surface area contributed by atoms with Gasteiger partial charge in [0, 0.05) is 6.04 Å². The van der Waals surface area contributed by atoms with Crippen molar-refractivity contribution in [3.8, 4) is 0 Å². The highest BCUT2D eigenvalue weighted by atomic mass is 16.2. The number of carbonyl (C=O) groups is 2. The molecule has 1 N–H and O–H groups in total. The molecule has 2 amide bonds. The summed E-state index contributed by atoms with van der Waals surface area (Å²) in [6, 6.07) is -0.108. The average molecular weight is 266 g/mol. The number of amides is 2. The van der Waals surface area contributed by atoms with Crippen LogP contribution in [0, 0.1) is 11.8 Å². The third-order valence-corrected chi connectivity index (χ3v) is 4.70. The van der Waals surface area contributed by atoms with E-state index in [2.05, 4.69) is 26.1 Å². The van der Waals surface area contributed by atoms with Crippen LogP contribution in [0.25, 0.3) is 0 Å². The van der Waals surface area contributed by atoms with Crippen LogP contribution in [0.1, 0.15) is 52.9 Å². The van der Waals surface area contributed by atoms with Crippen molar-refractivity contribution in [1.29, 1.82) is 0 Å². The van der Waals surface area contributed by atoms with Crippen molar-refractivity contribution >= 4 is 11.8 Å². The number of hydrogen-bond acceptors (Lipinski definition) is 3. The molecular weight excluding hydrogens is 240 g/mol. The fourth-order valence-corrected chi connectivity index (χ4v) is 2.92. The van der Waals surface area contributed by atoms with Crippen LogP contribution >= 0.6 is 0 Å². The maximum Gasteiger partial charge on any atom is 0.247 e. The zero-order chi connectivity index (χ0) is 14.0. The summed E-state index contributed by atoms with van der Waals surface area (Å²) in [6.07, 6.45) is 4.62. The van der Waals surface area contributed by atoms with Crippen LogP contribution in [0.4, 0.5) is 0 Å². The van der Waals surface area contributed by atoms with Crippen molar-refractivity contribution in [1.82, 2.24) is 10.2 Å². The van der Waals surface area contributed by atoms with E-state index in [1.165, 1.54) is 0 Å². The van der Waals surface area contributed by atoms with Crippen molar-refractivity contribution in [3.05, 3.63) is 0 Å². The van der Waals surface area contributed by atoms with Crippen LogP contribution in [0.3, 0.4) is 0 Å². The summed E-state index contributed by atoms with van der Waals surface area (Å²) in [4.78, 5) is 25.9. The van der Waals surface area contributed by atoms with E-state index in [-0.39, 0.29) is 23.9 Å². The van der Waals surface area contributed by atoms with E-state index in [4.69, 9.17) is 0 Å². The summed E-state index contributed by atoms with van der Waals surface area (Å²) in [5.74, 6) is 1.13. The van der Waals surface area contributed by atoms with E-state index in [0.29, 0.717) is 18.3 Å². The molecule has 0 spiro atoms. The standard InChI is InChI=1S/C15H26N2O2/c1-10(2)11(3)9-16-13-8-14(18)17(15(13)19)12-6-4-5-7-12/h10-13,16H,4-9H2,1-3H3. The molecule has 1 saturated heterocycles. The van der Waals surface area contributed by atoms with Crippen LogP contribution < -0.4 is 5.32 Å². The summed E-state index contributed by atoms with van der Waals surface area (Å²) >= 11 is 0. The Hall–Kier alpha value is -0.900. The van der Waals surface area contributed by atoms with Crippen molar-refractivity contribution in [2.75, 3.05) is 6.54 Å². The van der Waals surface area contributed by atoms with E-state index in [9.17, 15) is 9.59 Å². The first-order valence-electron chi connectivity index (χ1n) is 7.60. The lowest BCUT2D eigenvalue weighted by atomic mass is 9.98. The zero-order valence-electron chi connectivity index (χ0n) is 12.3. The van der Waals surface area contributed by atoms with Crippen LogP contribution in [0.15, 0.2) is 0 Å². The molecule has 108 valence electrons. The van der Waals surface area contributed by atoms with Crippen LogP contribution in [-0.2, 0) is 9.59 Å². The van der Waals surface area contributed by atoms with Crippen LogP contribution in [0.5, 0.6) is 0 Å². The molecule has 0 radical (unpaired) electrons. The highest BCUT2D eigenvalue weighted by Crippen LogP contribution is 2.28. The predicted molar refractivity (Wildman–Crippen MR) is 74.5 cm³/mol. The maximum atomic E-state index is 12.3. The monoisotopic (exact) mass is 266 g/mol. The zero-order valence-corrected chi connectivity index (χ0v) is 12.3. The summed E-state index contributed by atoms with van der Waals surface area (Å²) in [5, 5.41) is 3.28. The Morgan fingerprint density at radius 1 is 1.21 bits per heavy atom. The first kappa shape index (κ1) is 14.5. The Balaban J connectivity index is 1.90. The third-order valence-electron chi connectivity index (χ3n) is 4.70. The number of nitrogens with zero attached hydrogens (tertiary/aromatic N) is 1. The van der Waals surface area contributed by atoms with Gasteiger partial charge >= 0.3 is 0 Å². The van der Waals surface area contributed by atoms with E-state index in [0.717, 1.165) is 32.2 Å². The van der Waals surface area contributed by atoms with Gasteiger partial charge in [-0.3, -0.25) is 14.5 Å². The molecule has 0 aromatic rings. The fraction of sp³-hybridized carbons (Fsp3) is 0.867. The first-order chi connectivity index (χ1) is 9.00. The second kappa shape index (κ2) is 6.04. The van der Waals surface area contributed by atoms with E-state index >= 15 is 0 Å². The molecule has 0 aromatic carbocycles. The molecular formula is C15H26N2O2. The smallest absolute Gasteiger partial charge is 0.247 e. The molecule has 2 fully saturated rings. The lowest BCUT2D eigenvalue weighted by Gasteiger charge is -2.23. The molecule has 2 unspecified atom stereocenters. The Kier molecular flexibility index (Phi) is 4.61. The predicted octanol–water partition coefficient (Wildman–Crippen LogP) is 1.94. The molecule has 1 saturated carbocycles. The Labute approximate surface area is 115 Å². The lowest BCUT2D eigenvalue weighted by molar-refractivity contribution is -0.141. The fourth-order valence-electron chi connectivity index (χ4n) is 2.92. The first-order valence-corrected chi connectivity index (χ1v) is 7.60. The molecule has 4 nitrogen and oxygen atoms in total. The molecule has 19 heavy (non-hydrogen) atoms. The van der Waals surface area contributed by atoms with Crippen molar-refractivity contribution in [2.45, 2.75) is 65.0 Å². The minimum atomic E-state index is -0.283. The minimum absolute atomic E-state index is 0.00727. The Bertz CT molecular complexity index is 348. The molecule has 0 aromatic heterocycles. The van der Waals surface area contributed by atoms with Crippen LogP contribution in [-0.4, -0.2) is 35.3 Å². The molecule has 2 atom stereocenters. The highest BCUT2D eigenvalue weighted by molar-refractivity contribution is 6.05. The van der Waals surface area contributed by atoms with Gasteiger partial charge < -0.3 is 5.32 Å². The lowest BCUT2D eigenvalue weighted by Crippen LogP contribution is -2.44.